The molecular formula is C11H12N2O. The molecule has 14 heavy (non-hydrogen) atoms. The van der Waals surface area contributed by atoms with Gasteiger partial charge >= 0.3 is 0 Å². The van der Waals surface area contributed by atoms with Gasteiger partial charge in [0.15, 0.2) is 0 Å². The Balaban J connectivity index is 2.58. The van der Waals surface area contributed by atoms with Crippen LogP contribution in [0.3, 0.4) is 0 Å². The average Bonchev–Trinajstić information content (AvgIpc) is 2.19. The molecule has 1 aromatic rings. The largest absolute Gasteiger partial charge is 0.493 e. The summed E-state index contributed by atoms with van der Waals surface area (Å²) in [6, 6.07) is 5.79. The van der Waals surface area contributed by atoms with E-state index in [9.17, 15) is 0 Å². The first kappa shape index (κ1) is 9.04. The van der Waals surface area contributed by atoms with Crippen LogP contribution in [0.15, 0.2) is 12.1 Å². The lowest BCUT2D eigenvalue weighted by molar-refractivity contribution is 0.267. The molecule has 0 bridgehead atoms. The van der Waals surface area contributed by atoms with Crippen molar-refractivity contribution < 1.29 is 4.74 Å². The molecule has 0 aromatic heterocycles. The summed E-state index contributed by atoms with van der Waals surface area (Å²) >= 11 is 0. The van der Waals surface area contributed by atoms with Gasteiger partial charge in [0.25, 0.3) is 0 Å². The number of nitriles is 1. The Labute approximate surface area is 83.1 Å². The van der Waals surface area contributed by atoms with Crippen molar-refractivity contribution in [3.05, 3.63) is 28.8 Å². The van der Waals surface area contributed by atoms with Crippen molar-refractivity contribution in [1.82, 2.24) is 0 Å². The van der Waals surface area contributed by atoms with Gasteiger partial charge in [-0.15, -0.1) is 0 Å². The van der Waals surface area contributed by atoms with Crippen LogP contribution >= 0.6 is 0 Å². The molecule has 0 saturated heterocycles. The molecule has 1 atom stereocenters. The van der Waals surface area contributed by atoms with Crippen LogP contribution in [0.25, 0.3) is 0 Å². The van der Waals surface area contributed by atoms with Crippen LogP contribution in [0.5, 0.6) is 5.75 Å². The number of hydrogen-bond acceptors (Lipinski definition) is 3. The van der Waals surface area contributed by atoms with E-state index < -0.39 is 0 Å². The highest BCUT2D eigenvalue weighted by atomic mass is 16.5. The van der Waals surface area contributed by atoms with E-state index in [-0.39, 0.29) is 6.04 Å². The first-order chi connectivity index (χ1) is 6.72. The molecule has 3 nitrogen and oxygen atoms in total. The van der Waals surface area contributed by atoms with Gasteiger partial charge in [-0.3, -0.25) is 0 Å². The number of nitrogens with two attached hydrogens (primary N) is 1. The van der Waals surface area contributed by atoms with Gasteiger partial charge in [-0.25, -0.2) is 0 Å². The van der Waals surface area contributed by atoms with Gasteiger partial charge < -0.3 is 10.5 Å². The second-order valence-corrected chi connectivity index (χ2v) is 3.57. The van der Waals surface area contributed by atoms with E-state index in [0.717, 1.165) is 23.3 Å². The fourth-order valence-electron chi connectivity index (χ4n) is 1.78. The molecule has 0 amide bonds. The van der Waals surface area contributed by atoms with Gasteiger partial charge in [0.1, 0.15) is 5.75 Å². The van der Waals surface area contributed by atoms with Crippen LogP contribution in [0.4, 0.5) is 0 Å². The molecule has 1 aliphatic heterocycles. The first-order valence-corrected chi connectivity index (χ1v) is 4.65. The van der Waals surface area contributed by atoms with Gasteiger partial charge in [0.05, 0.1) is 18.2 Å². The summed E-state index contributed by atoms with van der Waals surface area (Å²) in [5.41, 5.74) is 8.56. The molecule has 1 aliphatic rings. The van der Waals surface area contributed by atoms with E-state index >= 15 is 0 Å². The standard InChI is InChI=1S/C11H12N2O/c1-7-4-8(6-12)5-9-10(13)2-3-14-11(7)9/h4-5,10H,2-3,13H2,1H3. The number of benzene rings is 1. The molecule has 0 radical (unpaired) electrons. The predicted octanol–water partition coefficient (Wildman–Crippen LogP) is 1.65. The summed E-state index contributed by atoms with van der Waals surface area (Å²) in [5, 5.41) is 8.82. The third-order valence-corrected chi connectivity index (χ3v) is 2.51. The summed E-state index contributed by atoms with van der Waals surface area (Å²) < 4.78 is 5.53. The molecule has 0 spiro atoms. The molecule has 0 saturated carbocycles. The lowest BCUT2D eigenvalue weighted by Crippen LogP contribution is -2.21. The van der Waals surface area contributed by atoms with Crippen LogP contribution in [-0.2, 0) is 0 Å². The highest BCUT2D eigenvalue weighted by Gasteiger charge is 2.20. The predicted molar refractivity (Wildman–Crippen MR) is 52.9 cm³/mol. The third kappa shape index (κ3) is 1.34. The summed E-state index contributed by atoms with van der Waals surface area (Å²) in [7, 11) is 0. The van der Waals surface area contributed by atoms with Crippen molar-refractivity contribution in [2.75, 3.05) is 6.61 Å². The van der Waals surface area contributed by atoms with E-state index in [1.807, 2.05) is 19.1 Å². The smallest absolute Gasteiger partial charge is 0.127 e. The minimum absolute atomic E-state index is 0.00532. The zero-order valence-corrected chi connectivity index (χ0v) is 8.08. The molecule has 1 aromatic carbocycles. The maximum atomic E-state index is 8.82. The Bertz CT molecular complexity index is 406. The highest BCUT2D eigenvalue weighted by molar-refractivity contribution is 5.49. The zero-order chi connectivity index (χ0) is 10.1. The van der Waals surface area contributed by atoms with Gasteiger partial charge in [-0.2, -0.15) is 5.26 Å². The minimum Gasteiger partial charge on any atom is -0.493 e. The van der Waals surface area contributed by atoms with Crippen molar-refractivity contribution in [2.24, 2.45) is 5.73 Å². The van der Waals surface area contributed by atoms with Crippen LogP contribution in [0.1, 0.15) is 29.2 Å². The minimum atomic E-state index is 0.00532. The van der Waals surface area contributed by atoms with Crippen molar-refractivity contribution in [3.8, 4) is 11.8 Å². The highest BCUT2D eigenvalue weighted by Crippen LogP contribution is 2.34. The lowest BCUT2D eigenvalue weighted by Gasteiger charge is -2.24. The topological polar surface area (TPSA) is 59.0 Å². The van der Waals surface area contributed by atoms with E-state index in [2.05, 4.69) is 6.07 Å². The van der Waals surface area contributed by atoms with E-state index in [1.54, 1.807) is 0 Å². The van der Waals surface area contributed by atoms with Gasteiger partial charge in [-0.1, -0.05) is 0 Å². The summed E-state index contributed by atoms with van der Waals surface area (Å²) in [6.07, 6.45) is 0.821. The van der Waals surface area contributed by atoms with Gasteiger partial charge in [-0.05, 0) is 24.6 Å². The van der Waals surface area contributed by atoms with Crippen LogP contribution in [-0.4, -0.2) is 6.61 Å². The summed E-state index contributed by atoms with van der Waals surface area (Å²) in [6.45, 7) is 2.61. The quantitative estimate of drug-likeness (QED) is 0.673. The van der Waals surface area contributed by atoms with Crippen LogP contribution in [0.2, 0.25) is 0 Å². The Kier molecular flexibility index (Phi) is 2.14. The first-order valence-electron chi connectivity index (χ1n) is 4.65. The van der Waals surface area contributed by atoms with E-state index in [1.165, 1.54) is 0 Å². The molecule has 2 N–H and O–H groups in total. The number of ether oxygens (including phenoxy) is 1. The zero-order valence-electron chi connectivity index (χ0n) is 8.08. The molecule has 0 aliphatic carbocycles. The molecule has 72 valence electrons. The monoisotopic (exact) mass is 188 g/mol. The molecule has 2 rings (SSSR count). The molecule has 1 unspecified atom stereocenters. The lowest BCUT2D eigenvalue weighted by atomic mass is 9.96. The van der Waals surface area contributed by atoms with Gasteiger partial charge in [0.2, 0.25) is 0 Å². The van der Waals surface area contributed by atoms with E-state index in [4.69, 9.17) is 15.7 Å². The SMILES string of the molecule is Cc1cc(C#N)cc2c1OCCC2N. The maximum Gasteiger partial charge on any atom is 0.127 e. The van der Waals surface area contributed by atoms with E-state index in [0.29, 0.717) is 12.2 Å². The van der Waals surface area contributed by atoms with Crippen molar-refractivity contribution >= 4 is 0 Å². The van der Waals surface area contributed by atoms with Crippen LogP contribution < -0.4 is 10.5 Å². The molecule has 0 fully saturated rings. The third-order valence-electron chi connectivity index (χ3n) is 2.51. The second kappa shape index (κ2) is 3.32. The average molecular weight is 188 g/mol. The Morgan fingerprint density at radius 2 is 2.36 bits per heavy atom. The molecule has 1 heterocycles. The van der Waals surface area contributed by atoms with Crippen molar-refractivity contribution in [2.45, 2.75) is 19.4 Å². The maximum absolute atomic E-state index is 8.82. The summed E-state index contributed by atoms with van der Waals surface area (Å²) in [4.78, 5) is 0. The number of nitrogens with zero attached hydrogens (tertiary/aromatic N) is 1. The normalized spacial score (nSPS) is 19.4. The number of fused-ring (bicyclic) bond motifs is 1. The fourth-order valence-corrected chi connectivity index (χ4v) is 1.78. The fraction of sp³-hybridized carbons (Fsp3) is 0.364. The number of hydrogen-bond donors (Lipinski definition) is 1. The summed E-state index contributed by atoms with van der Waals surface area (Å²) in [5.74, 6) is 0.864. The Morgan fingerprint density at radius 3 is 3.07 bits per heavy atom. The number of rotatable bonds is 0. The Morgan fingerprint density at radius 1 is 1.57 bits per heavy atom. The van der Waals surface area contributed by atoms with Crippen molar-refractivity contribution in [1.29, 1.82) is 5.26 Å². The second-order valence-electron chi connectivity index (χ2n) is 3.57. The number of aryl methyl sites for hydroxylation is 1. The van der Waals surface area contributed by atoms with Crippen molar-refractivity contribution in [3.63, 3.8) is 0 Å². The Hall–Kier alpha value is -1.53. The van der Waals surface area contributed by atoms with Gasteiger partial charge in [0, 0.05) is 18.0 Å². The van der Waals surface area contributed by atoms with Crippen LogP contribution in [0, 0.1) is 18.3 Å². The molecular weight excluding hydrogens is 176 g/mol. The molecule has 3 heteroatoms.